The molecule has 9 heteroatoms. The number of esters is 1. The summed E-state index contributed by atoms with van der Waals surface area (Å²) in [6.45, 7) is 3.21. The van der Waals surface area contributed by atoms with E-state index in [0.29, 0.717) is 19.3 Å². The largest absolute Gasteiger partial charge is 0.481 e. The molecule has 0 amide bonds. The molecule has 2 N–H and O–H groups in total. The molecular formula is C19H23N3O6. The van der Waals surface area contributed by atoms with Crippen LogP contribution >= 0.6 is 0 Å². The van der Waals surface area contributed by atoms with Gasteiger partial charge in [0.1, 0.15) is 11.0 Å². The summed E-state index contributed by atoms with van der Waals surface area (Å²) in [4.78, 5) is 41.1. The van der Waals surface area contributed by atoms with Crippen LogP contribution in [0, 0.1) is 28.6 Å². The molecule has 5 aliphatic rings. The third kappa shape index (κ3) is 1.55. The number of nitrogens with zero attached hydrogens (tertiary/aromatic N) is 3. The highest BCUT2D eigenvalue weighted by atomic mass is 16.6. The molecule has 1 saturated heterocycles. The van der Waals surface area contributed by atoms with E-state index >= 15 is 0 Å². The minimum atomic E-state index is -1.47. The number of aliphatic hydroxyl groups is 1. The van der Waals surface area contributed by atoms with Crippen molar-refractivity contribution < 1.29 is 29.3 Å². The molecule has 0 aromatic heterocycles. The van der Waals surface area contributed by atoms with Gasteiger partial charge in [0.15, 0.2) is 5.78 Å². The standard InChI is InChI=1S/C19H23N3O6/c1-15(21-22-20)7-17-8-18(15,27)5-3-9(17)19-6-4-10(23)16(2,14(26)28-19)12(19)11(17)13(24)25/h9,11-12,27H,3-8H2,1-2H3,(H,24,25)/t9-,11?,12-,15-,16+,17+,18+,19-/m1/s1. The average Bonchev–Trinajstić information content (AvgIpc) is 3.00. The number of carboxylic acid groups (broad SMARTS) is 1. The number of hydrogen-bond donors (Lipinski definition) is 2. The van der Waals surface area contributed by atoms with E-state index < -0.39 is 51.3 Å². The Morgan fingerprint density at radius 1 is 1.29 bits per heavy atom. The predicted molar refractivity (Wildman–Crippen MR) is 92.7 cm³/mol. The molecule has 0 radical (unpaired) electrons. The van der Waals surface area contributed by atoms with Crippen LogP contribution in [0.3, 0.4) is 0 Å². The van der Waals surface area contributed by atoms with Crippen LogP contribution in [-0.4, -0.2) is 44.7 Å². The van der Waals surface area contributed by atoms with Crippen LogP contribution in [-0.2, 0) is 19.1 Å². The summed E-state index contributed by atoms with van der Waals surface area (Å²) >= 11 is 0. The quantitative estimate of drug-likeness (QED) is 0.242. The van der Waals surface area contributed by atoms with Crippen molar-refractivity contribution in [3.8, 4) is 0 Å². The van der Waals surface area contributed by atoms with Crippen LogP contribution in [0.5, 0.6) is 0 Å². The number of carbonyl (C=O) groups is 3. The summed E-state index contributed by atoms with van der Waals surface area (Å²) < 4.78 is 5.92. The molecule has 4 saturated carbocycles. The maximum absolute atomic E-state index is 12.8. The van der Waals surface area contributed by atoms with Gasteiger partial charge in [0.2, 0.25) is 0 Å². The van der Waals surface area contributed by atoms with Crippen molar-refractivity contribution in [3.05, 3.63) is 10.4 Å². The zero-order chi connectivity index (χ0) is 20.3. The molecule has 5 rings (SSSR count). The Morgan fingerprint density at radius 3 is 2.64 bits per heavy atom. The Bertz CT molecular complexity index is 900. The van der Waals surface area contributed by atoms with Gasteiger partial charge >= 0.3 is 11.9 Å². The fraction of sp³-hybridized carbons (Fsp3) is 0.842. The average molecular weight is 389 g/mol. The van der Waals surface area contributed by atoms with Gasteiger partial charge in [0.05, 0.1) is 17.1 Å². The van der Waals surface area contributed by atoms with Gasteiger partial charge < -0.3 is 14.9 Å². The van der Waals surface area contributed by atoms with Crippen LogP contribution in [0.1, 0.15) is 52.4 Å². The number of ether oxygens (including phenoxy) is 1. The summed E-state index contributed by atoms with van der Waals surface area (Å²) in [5, 5.41) is 25.5. The van der Waals surface area contributed by atoms with E-state index in [2.05, 4.69) is 10.0 Å². The van der Waals surface area contributed by atoms with E-state index in [1.165, 1.54) is 6.92 Å². The van der Waals surface area contributed by atoms with Gasteiger partial charge in [-0.1, -0.05) is 12.0 Å². The highest BCUT2D eigenvalue weighted by Gasteiger charge is 2.86. The molecular weight excluding hydrogens is 366 g/mol. The lowest BCUT2D eigenvalue weighted by Crippen LogP contribution is -2.52. The molecule has 1 heterocycles. The van der Waals surface area contributed by atoms with Crippen molar-refractivity contribution in [2.24, 2.45) is 33.7 Å². The van der Waals surface area contributed by atoms with Gasteiger partial charge in [0, 0.05) is 23.2 Å². The maximum Gasteiger partial charge on any atom is 0.320 e. The number of fused-ring (bicyclic) bond motifs is 1. The van der Waals surface area contributed by atoms with Crippen LogP contribution in [0.15, 0.2) is 5.11 Å². The number of ketones is 1. The monoisotopic (exact) mass is 389 g/mol. The summed E-state index contributed by atoms with van der Waals surface area (Å²) in [6.07, 6.45) is 1.72. The molecule has 1 spiro atoms. The van der Waals surface area contributed by atoms with Crippen LogP contribution in [0.25, 0.3) is 10.4 Å². The second kappa shape index (κ2) is 4.71. The maximum atomic E-state index is 12.8. The Hall–Kier alpha value is -2.12. The Morgan fingerprint density at radius 2 is 2.00 bits per heavy atom. The van der Waals surface area contributed by atoms with Crippen molar-refractivity contribution in [3.63, 3.8) is 0 Å². The summed E-state index contributed by atoms with van der Waals surface area (Å²) in [7, 11) is 0. The van der Waals surface area contributed by atoms with E-state index in [4.69, 9.17) is 10.3 Å². The van der Waals surface area contributed by atoms with Gasteiger partial charge in [-0.15, -0.1) is 0 Å². The summed E-state index contributed by atoms with van der Waals surface area (Å²) in [5.41, 5.74) is 3.30. The summed E-state index contributed by atoms with van der Waals surface area (Å²) in [6, 6.07) is 0. The van der Waals surface area contributed by atoms with Gasteiger partial charge in [0.25, 0.3) is 0 Å². The zero-order valence-electron chi connectivity index (χ0n) is 15.8. The first kappa shape index (κ1) is 17.9. The SMILES string of the molecule is C[C@@]12C(=O)CC[C@]3(OC1=O)[C@@H]2C(C(=O)O)[C@@]12C[C@@](O)(CC[C@H]13)[C@](C)(N=[N+]=[N-])C2. The van der Waals surface area contributed by atoms with E-state index in [1.54, 1.807) is 6.92 Å². The number of carbonyl (C=O) groups excluding carboxylic acids is 2. The molecule has 1 unspecified atom stereocenters. The van der Waals surface area contributed by atoms with Crippen molar-refractivity contribution >= 4 is 17.7 Å². The lowest BCUT2D eigenvalue weighted by Gasteiger charge is -2.46. The Labute approximate surface area is 161 Å². The molecule has 4 aliphatic carbocycles. The van der Waals surface area contributed by atoms with Crippen LogP contribution < -0.4 is 0 Å². The number of rotatable bonds is 2. The molecule has 1 aliphatic heterocycles. The number of Topliss-reactive ketones (excluding diaryl/α,β-unsaturated/α-hetero) is 1. The predicted octanol–water partition coefficient (Wildman–Crippen LogP) is 1.97. The van der Waals surface area contributed by atoms with E-state index in [0.717, 1.165) is 0 Å². The second-order valence-electron chi connectivity index (χ2n) is 9.94. The third-order valence-electron chi connectivity index (χ3n) is 9.09. The van der Waals surface area contributed by atoms with Crippen LogP contribution in [0.4, 0.5) is 0 Å². The first-order valence-electron chi connectivity index (χ1n) is 9.79. The van der Waals surface area contributed by atoms with Gasteiger partial charge in [-0.2, -0.15) is 0 Å². The lowest BCUT2D eigenvalue weighted by atomic mass is 9.59. The van der Waals surface area contributed by atoms with Crippen molar-refractivity contribution in [1.29, 1.82) is 0 Å². The van der Waals surface area contributed by atoms with Crippen molar-refractivity contribution in [1.82, 2.24) is 0 Å². The molecule has 5 fully saturated rings. The molecule has 9 nitrogen and oxygen atoms in total. The van der Waals surface area contributed by atoms with E-state index in [9.17, 15) is 24.6 Å². The highest BCUT2D eigenvalue weighted by Crippen LogP contribution is 2.78. The zero-order valence-corrected chi connectivity index (χ0v) is 15.8. The molecule has 0 aromatic rings. The first-order chi connectivity index (χ1) is 13.0. The number of hydrogen-bond acceptors (Lipinski definition) is 6. The second-order valence-corrected chi connectivity index (χ2v) is 9.94. The third-order valence-corrected chi connectivity index (χ3v) is 9.09. The Kier molecular flexibility index (Phi) is 3.02. The molecule has 8 atom stereocenters. The normalized spacial score (nSPS) is 55.9. The van der Waals surface area contributed by atoms with Gasteiger partial charge in [-0.05, 0) is 50.0 Å². The highest BCUT2D eigenvalue weighted by molar-refractivity contribution is 6.07. The topological polar surface area (TPSA) is 150 Å². The Balaban J connectivity index is 1.76. The minimum absolute atomic E-state index is 0.178. The fourth-order valence-electron chi connectivity index (χ4n) is 8.09. The number of aliphatic carboxylic acids is 1. The first-order valence-corrected chi connectivity index (χ1v) is 9.79. The summed E-state index contributed by atoms with van der Waals surface area (Å²) in [5.74, 6) is -4.00. The molecule has 28 heavy (non-hydrogen) atoms. The van der Waals surface area contributed by atoms with Crippen LogP contribution in [0.2, 0.25) is 0 Å². The lowest BCUT2D eigenvalue weighted by molar-refractivity contribution is -0.163. The fourth-order valence-corrected chi connectivity index (χ4v) is 8.09. The molecule has 150 valence electrons. The number of carboxylic acids is 1. The van der Waals surface area contributed by atoms with Crippen molar-refractivity contribution in [2.45, 2.75) is 69.1 Å². The minimum Gasteiger partial charge on any atom is -0.481 e. The smallest absolute Gasteiger partial charge is 0.320 e. The molecule has 4 bridgehead atoms. The van der Waals surface area contributed by atoms with Crippen molar-refractivity contribution in [2.75, 3.05) is 0 Å². The van der Waals surface area contributed by atoms with Gasteiger partial charge in [-0.3, -0.25) is 14.4 Å². The molecule has 0 aromatic carbocycles. The van der Waals surface area contributed by atoms with E-state index in [-0.39, 0.29) is 31.0 Å². The van der Waals surface area contributed by atoms with E-state index in [1.807, 2.05) is 0 Å². The number of azide groups is 1. The van der Waals surface area contributed by atoms with Gasteiger partial charge in [-0.25, -0.2) is 0 Å².